The van der Waals surface area contributed by atoms with Gasteiger partial charge >= 0.3 is 5.97 Å². The Labute approximate surface area is 154 Å². The first-order chi connectivity index (χ1) is 11.9. The van der Waals surface area contributed by atoms with Crippen LogP contribution in [0.5, 0.6) is 5.75 Å². The fourth-order valence-electron chi connectivity index (χ4n) is 2.14. The highest BCUT2D eigenvalue weighted by Gasteiger charge is 2.14. The molecule has 0 heterocycles. The van der Waals surface area contributed by atoms with Crippen LogP contribution in [0, 0.1) is 0 Å². The molecule has 0 saturated heterocycles. The van der Waals surface area contributed by atoms with Crippen LogP contribution in [0.1, 0.15) is 5.56 Å². The Hall–Kier alpha value is -1.99. The molecule has 8 heteroatoms. The molecule has 0 amide bonds. The highest BCUT2D eigenvalue weighted by atomic mass is 35.5. The van der Waals surface area contributed by atoms with Crippen LogP contribution in [-0.4, -0.2) is 36.2 Å². The van der Waals surface area contributed by atoms with Crippen molar-refractivity contribution in [1.82, 2.24) is 0 Å². The number of aliphatic carboxylic acids is 1. The van der Waals surface area contributed by atoms with Crippen LogP contribution >= 0.6 is 23.2 Å². The van der Waals surface area contributed by atoms with Gasteiger partial charge in [0, 0.05) is 24.9 Å². The average molecular weight is 386 g/mol. The molecule has 134 valence electrons. The average Bonchev–Trinajstić information content (AvgIpc) is 2.57. The number of carboxylic acid groups (broad SMARTS) is 1. The van der Waals surface area contributed by atoms with E-state index in [9.17, 15) is 4.79 Å². The fourth-order valence-corrected chi connectivity index (χ4v) is 2.70. The minimum absolute atomic E-state index is 0.133. The van der Waals surface area contributed by atoms with E-state index in [1.54, 1.807) is 24.3 Å². The van der Waals surface area contributed by atoms with Gasteiger partial charge in [0.1, 0.15) is 12.4 Å². The van der Waals surface area contributed by atoms with Crippen LogP contribution in [0.3, 0.4) is 0 Å². The summed E-state index contributed by atoms with van der Waals surface area (Å²) in [7, 11) is 1.40. The lowest BCUT2D eigenvalue weighted by molar-refractivity contribution is -0.136. The monoisotopic (exact) mass is 385 g/mol. The van der Waals surface area contributed by atoms with Gasteiger partial charge < -0.3 is 25.0 Å². The molecule has 3 N–H and O–H groups in total. The van der Waals surface area contributed by atoms with E-state index in [0.717, 1.165) is 0 Å². The van der Waals surface area contributed by atoms with Gasteiger partial charge in [-0.25, -0.2) is 0 Å². The number of carboxylic acids is 1. The van der Waals surface area contributed by atoms with E-state index >= 15 is 0 Å². The van der Waals surface area contributed by atoms with E-state index in [-0.39, 0.29) is 23.1 Å². The summed E-state index contributed by atoms with van der Waals surface area (Å²) >= 11 is 12.5. The SMILES string of the molecule is COC(CO)Oc1cc(Cl)c(Nc2ccccc2CC(=O)O)c(Cl)c1. The van der Waals surface area contributed by atoms with Gasteiger partial charge in [0.15, 0.2) is 0 Å². The Balaban J connectivity index is 2.28. The van der Waals surface area contributed by atoms with E-state index in [1.807, 2.05) is 0 Å². The molecule has 2 aromatic rings. The van der Waals surface area contributed by atoms with Crippen molar-refractivity contribution in [1.29, 1.82) is 0 Å². The number of rotatable bonds is 8. The first-order valence-electron chi connectivity index (χ1n) is 7.30. The zero-order valence-electron chi connectivity index (χ0n) is 13.3. The largest absolute Gasteiger partial charge is 0.481 e. The predicted molar refractivity (Wildman–Crippen MR) is 96.0 cm³/mol. The summed E-state index contributed by atoms with van der Waals surface area (Å²) in [6, 6.07) is 10.0. The smallest absolute Gasteiger partial charge is 0.307 e. The van der Waals surface area contributed by atoms with Gasteiger partial charge in [-0.2, -0.15) is 0 Å². The third-order valence-electron chi connectivity index (χ3n) is 3.31. The molecule has 0 bridgehead atoms. The highest BCUT2D eigenvalue weighted by Crippen LogP contribution is 2.37. The van der Waals surface area contributed by atoms with E-state index in [0.29, 0.717) is 22.7 Å². The number of carbonyl (C=O) groups is 1. The number of hydrogen-bond donors (Lipinski definition) is 3. The molecule has 0 radical (unpaired) electrons. The van der Waals surface area contributed by atoms with E-state index < -0.39 is 12.3 Å². The molecule has 0 spiro atoms. The van der Waals surface area contributed by atoms with Crippen LogP contribution in [-0.2, 0) is 16.0 Å². The summed E-state index contributed by atoms with van der Waals surface area (Å²) in [5.74, 6) is -0.606. The maximum atomic E-state index is 11.0. The van der Waals surface area contributed by atoms with Crippen LogP contribution in [0.15, 0.2) is 36.4 Å². The lowest BCUT2D eigenvalue weighted by Gasteiger charge is -2.18. The summed E-state index contributed by atoms with van der Waals surface area (Å²) in [5, 5.41) is 21.7. The van der Waals surface area contributed by atoms with Crippen LogP contribution in [0.2, 0.25) is 10.0 Å². The van der Waals surface area contributed by atoms with Gasteiger partial charge in [0.25, 0.3) is 0 Å². The molecule has 0 saturated carbocycles. The highest BCUT2D eigenvalue weighted by molar-refractivity contribution is 6.39. The van der Waals surface area contributed by atoms with E-state index in [1.165, 1.54) is 19.2 Å². The molecule has 1 unspecified atom stereocenters. The maximum Gasteiger partial charge on any atom is 0.307 e. The van der Waals surface area contributed by atoms with Crippen molar-refractivity contribution in [3.8, 4) is 5.75 Å². The van der Waals surface area contributed by atoms with Crippen molar-refractivity contribution in [2.24, 2.45) is 0 Å². The Bertz CT molecular complexity index is 727. The van der Waals surface area contributed by atoms with Crippen molar-refractivity contribution in [3.63, 3.8) is 0 Å². The minimum Gasteiger partial charge on any atom is -0.481 e. The molecule has 0 fully saturated rings. The first-order valence-corrected chi connectivity index (χ1v) is 8.06. The first kappa shape index (κ1) is 19.3. The van der Waals surface area contributed by atoms with Gasteiger partial charge in [0.05, 0.1) is 22.2 Å². The Morgan fingerprint density at radius 3 is 2.44 bits per heavy atom. The number of para-hydroxylation sites is 1. The standard InChI is InChI=1S/C17H17Cl2NO5/c1-24-16(9-21)25-11-7-12(18)17(13(19)8-11)20-14-5-3-2-4-10(14)6-15(22)23/h2-5,7-8,16,20-21H,6,9H2,1H3,(H,22,23). The zero-order chi connectivity index (χ0) is 18.4. The number of nitrogens with one attached hydrogen (secondary N) is 1. The fraction of sp³-hybridized carbons (Fsp3) is 0.235. The van der Waals surface area contributed by atoms with Gasteiger partial charge in [-0.1, -0.05) is 41.4 Å². The van der Waals surface area contributed by atoms with E-state index in [4.69, 9.17) is 42.9 Å². The quantitative estimate of drug-likeness (QED) is 0.600. The van der Waals surface area contributed by atoms with Crippen molar-refractivity contribution < 1.29 is 24.5 Å². The van der Waals surface area contributed by atoms with Crippen LogP contribution in [0.4, 0.5) is 11.4 Å². The second-order valence-electron chi connectivity index (χ2n) is 5.08. The topological polar surface area (TPSA) is 88.0 Å². The molecule has 0 aromatic heterocycles. The predicted octanol–water partition coefficient (Wildman–Crippen LogP) is 3.71. The van der Waals surface area contributed by atoms with E-state index in [2.05, 4.69) is 5.32 Å². The zero-order valence-corrected chi connectivity index (χ0v) is 14.8. The Morgan fingerprint density at radius 1 is 1.24 bits per heavy atom. The van der Waals surface area contributed by atoms with Crippen molar-refractivity contribution in [2.45, 2.75) is 12.7 Å². The molecule has 2 rings (SSSR count). The summed E-state index contributed by atoms with van der Waals surface area (Å²) in [6.07, 6.45) is -0.965. The molecule has 0 aliphatic rings. The van der Waals surface area contributed by atoms with Crippen molar-refractivity contribution in [2.75, 3.05) is 19.0 Å². The number of aliphatic hydroxyl groups excluding tert-OH is 1. The molecular formula is C17H17Cl2NO5. The molecular weight excluding hydrogens is 369 g/mol. The van der Waals surface area contributed by atoms with Crippen molar-refractivity contribution in [3.05, 3.63) is 52.0 Å². The third-order valence-corrected chi connectivity index (χ3v) is 3.91. The number of ether oxygens (including phenoxy) is 2. The lowest BCUT2D eigenvalue weighted by atomic mass is 10.1. The number of aliphatic hydroxyl groups is 1. The van der Waals surface area contributed by atoms with Crippen molar-refractivity contribution >= 4 is 40.5 Å². The van der Waals surface area contributed by atoms with Crippen LogP contribution < -0.4 is 10.1 Å². The number of anilines is 2. The molecule has 25 heavy (non-hydrogen) atoms. The van der Waals surface area contributed by atoms with Gasteiger partial charge in [0.2, 0.25) is 6.29 Å². The minimum atomic E-state index is -0.940. The number of benzene rings is 2. The van der Waals surface area contributed by atoms with Gasteiger partial charge in [-0.15, -0.1) is 0 Å². The molecule has 0 aliphatic heterocycles. The van der Waals surface area contributed by atoms with Gasteiger partial charge in [-0.05, 0) is 11.6 Å². The number of hydrogen-bond acceptors (Lipinski definition) is 5. The Morgan fingerprint density at radius 2 is 1.88 bits per heavy atom. The summed E-state index contributed by atoms with van der Waals surface area (Å²) in [5.41, 5.74) is 1.61. The normalized spacial score (nSPS) is 11.8. The summed E-state index contributed by atoms with van der Waals surface area (Å²) < 4.78 is 10.3. The number of methoxy groups -OCH3 is 1. The maximum absolute atomic E-state index is 11.0. The summed E-state index contributed by atoms with van der Waals surface area (Å²) in [6.45, 7) is -0.325. The second-order valence-corrected chi connectivity index (χ2v) is 5.89. The number of halogens is 2. The molecule has 6 nitrogen and oxygen atoms in total. The van der Waals surface area contributed by atoms with Crippen LogP contribution in [0.25, 0.3) is 0 Å². The molecule has 2 aromatic carbocycles. The Kier molecular flexibility index (Phi) is 6.90. The summed E-state index contributed by atoms with van der Waals surface area (Å²) in [4.78, 5) is 11.0. The molecule has 1 atom stereocenters. The van der Waals surface area contributed by atoms with Gasteiger partial charge in [-0.3, -0.25) is 4.79 Å². The second kappa shape index (κ2) is 8.92. The molecule has 0 aliphatic carbocycles. The lowest BCUT2D eigenvalue weighted by Crippen LogP contribution is -2.22. The third kappa shape index (κ3) is 5.24.